The van der Waals surface area contributed by atoms with E-state index in [1.165, 1.54) is 4.90 Å². The van der Waals surface area contributed by atoms with Gasteiger partial charge in [-0.05, 0) is 36.1 Å². The molecule has 3 aromatic rings. The molecule has 1 saturated heterocycles. The molecule has 36 heavy (non-hydrogen) atoms. The monoisotopic (exact) mass is 527 g/mol. The summed E-state index contributed by atoms with van der Waals surface area (Å²) < 4.78 is 0. The fourth-order valence-corrected chi connectivity index (χ4v) is 5.35. The number of hydrogen-bond donors (Lipinski definition) is 3. The first kappa shape index (κ1) is 26.3. The zero-order valence-corrected chi connectivity index (χ0v) is 21.8. The lowest BCUT2D eigenvalue weighted by atomic mass is 10.0. The van der Waals surface area contributed by atoms with E-state index in [-0.39, 0.29) is 12.6 Å². The van der Waals surface area contributed by atoms with E-state index in [0.29, 0.717) is 17.5 Å². The number of aromatic nitrogens is 1. The van der Waals surface area contributed by atoms with Crippen LogP contribution in [0.2, 0.25) is 5.02 Å². The first-order valence-electron chi connectivity index (χ1n) is 12.0. The van der Waals surface area contributed by atoms with E-state index in [0.717, 1.165) is 40.2 Å². The van der Waals surface area contributed by atoms with Crippen LogP contribution in [0.25, 0.3) is 11.3 Å². The Morgan fingerprint density at radius 1 is 1.17 bits per heavy atom. The first-order valence-corrected chi connectivity index (χ1v) is 13.2. The van der Waals surface area contributed by atoms with Crippen molar-refractivity contribution in [2.45, 2.75) is 57.4 Å². The van der Waals surface area contributed by atoms with Crippen LogP contribution < -0.4 is 5.32 Å². The zero-order chi connectivity index (χ0) is 25.8. The van der Waals surface area contributed by atoms with Crippen molar-refractivity contribution in [1.82, 2.24) is 15.2 Å². The van der Waals surface area contributed by atoms with Gasteiger partial charge < -0.3 is 20.4 Å². The maximum atomic E-state index is 12.9. The second-order valence-electron chi connectivity index (χ2n) is 9.27. The van der Waals surface area contributed by atoms with Crippen LogP contribution >= 0.6 is 22.9 Å². The molecule has 0 saturated carbocycles. The Bertz CT molecular complexity index is 1210. The predicted octanol–water partition coefficient (Wildman–Crippen LogP) is 4.29. The average molecular weight is 528 g/mol. The molecule has 1 fully saturated rings. The summed E-state index contributed by atoms with van der Waals surface area (Å²) in [5, 5.41) is 27.2. The Labute approximate surface area is 219 Å². The van der Waals surface area contributed by atoms with E-state index in [2.05, 4.69) is 24.1 Å². The normalized spacial score (nSPS) is 17.3. The number of likely N-dealkylation sites (tertiary alicyclic amines) is 1. The third-order valence-corrected chi connectivity index (χ3v) is 7.70. The van der Waals surface area contributed by atoms with E-state index < -0.39 is 24.0 Å². The number of benzene rings is 2. The summed E-state index contributed by atoms with van der Waals surface area (Å²) in [7, 11) is 0. The summed E-state index contributed by atoms with van der Waals surface area (Å²) in [4.78, 5) is 31.6. The molecular weight excluding hydrogens is 498 g/mol. The lowest BCUT2D eigenvalue weighted by Crippen LogP contribution is -2.50. The van der Waals surface area contributed by atoms with Crippen LogP contribution in [0.4, 0.5) is 0 Å². The molecule has 1 aromatic heterocycles. The molecule has 0 aliphatic carbocycles. The fraction of sp³-hybridized carbons (Fsp3) is 0.370. The Hall–Kier alpha value is -2.78. The SMILES string of the molecule is CC(C)c1nc(-c2ccc(CNC(=O)[C@H](O)[C@@H](O)C(=O)N3CCCC3c3cccc(Cl)c3)cc2)cs1. The molecule has 2 heterocycles. The van der Waals surface area contributed by atoms with Crippen LogP contribution in [0.15, 0.2) is 53.9 Å². The van der Waals surface area contributed by atoms with Crippen LogP contribution in [-0.4, -0.2) is 50.7 Å². The van der Waals surface area contributed by atoms with Gasteiger partial charge >= 0.3 is 0 Å². The number of rotatable bonds is 8. The minimum atomic E-state index is -1.87. The van der Waals surface area contributed by atoms with Crippen LogP contribution in [0.3, 0.4) is 0 Å². The lowest BCUT2D eigenvalue weighted by molar-refractivity contribution is -0.153. The molecule has 3 atom stereocenters. The van der Waals surface area contributed by atoms with E-state index in [4.69, 9.17) is 11.6 Å². The highest BCUT2D eigenvalue weighted by atomic mass is 35.5. The Kier molecular flexibility index (Phi) is 8.41. The summed E-state index contributed by atoms with van der Waals surface area (Å²) in [6.07, 6.45) is -2.25. The van der Waals surface area contributed by atoms with Crippen molar-refractivity contribution in [3.63, 3.8) is 0 Å². The number of hydrogen-bond acceptors (Lipinski definition) is 6. The van der Waals surface area contributed by atoms with Gasteiger partial charge in [0.15, 0.2) is 12.2 Å². The fourth-order valence-electron chi connectivity index (χ4n) is 4.31. The van der Waals surface area contributed by atoms with Gasteiger partial charge in [0, 0.05) is 35.0 Å². The number of nitrogens with zero attached hydrogens (tertiary/aromatic N) is 2. The van der Waals surface area contributed by atoms with Crippen molar-refractivity contribution >= 4 is 34.8 Å². The van der Waals surface area contributed by atoms with E-state index in [9.17, 15) is 19.8 Å². The number of aliphatic hydroxyl groups excluding tert-OH is 2. The van der Waals surface area contributed by atoms with Gasteiger partial charge in [-0.25, -0.2) is 4.98 Å². The lowest BCUT2D eigenvalue weighted by Gasteiger charge is -2.28. The third-order valence-electron chi connectivity index (χ3n) is 6.32. The molecule has 0 spiro atoms. The summed E-state index contributed by atoms with van der Waals surface area (Å²) in [5.74, 6) is -1.10. The third kappa shape index (κ3) is 5.95. The molecule has 0 bridgehead atoms. The standard InChI is InChI=1S/C27H30ClN3O4S/c1-16(2)26-30-21(15-36-26)18-10-8-17(9-11-18)14-29-25(34)23(32)24(33)27(35)31-12-4-7-22(31)19-5-3-6-20(28)13-19/h3,5-6,8-11,13,15-16,22-24,32-33H,4,7,12,14H2,1-2H3,(H,29,34)/t22?,23-,24-/m1/s1. The Morgan fingerprint density at radius 3 is 2.58 bits per heavy atom. The first-order chi connectivity index (χ1) is 17.2. The van der Waals surface area contributed by atoms with Crippen LogP contribution in [0.1, 0.15) is 54.8 Å². The maximum Gasteiger partial charge on any atom is 0.255 e. The highest BCUT2D eigenvalue weighted by Crippen LogP contribution is 2.33. The molecule has 190 valence electrons. The summed E-state index contributed by atoms with van der Waals surface area (Å²) in [6.45, 7) is 4.80. The predicted molar refractivity (Wildman–Crippen MR) is 141 cm³/mol. The van der Waals surface area contributed by atoms with Gasteiger partial charge in [0.05, 0.1) is 16.7 Å². The molecule has 9 heteroatoms. The molecular formula is C27H30ClN3O4S. The van der Waals surface area contributed by atoms with Gasteiger partial charge in [0.2, 0.25) is 0 Å². The molecule has 1 aliphatic heterocycles. The topological polar surface area (TPSA) is 103 Å². The van der Waals surface area contributed by atoms with Gasteiger partial charge in [-0.3, -0.25) is 9.59 Å². The number of nitrogens with one attached hydrogen (secondary N) is 1. The molecule has 1 unspecified atom stereocenters. The van der Waals surface area contributed by atoms with Crippen LogP contribution in [0, 0.1) is 0 Å². The van der Waals surface area contributed by atoms with E-state index in [1.54, 1.807) is 23.5 Å². The summed E-state index contributed by atoms with van der Waals surface area (Å²) >= 11 is 7.72. The highest BCUT2D eigenvalue weighted by Gasteiger charge is 2.38. The van der Waals surface area contributed by atoms with Crippen molar-refractivity contribution in [3.05, 3.63) is 75.1 Å². The van der Waals surface area contributed by atoms with Crippen molar-refractivity contribution in [2.24, 2.45) is 0 Å². The Balaban J connectivity index is 1.33. The van der Waals surface area contributed by atoms with Crippen LogP contribution in [0.5, 0.6) is 0 Å². The maximum absolute atomic E-state index is 12.9. The molecule has 3 N–H and O–H groups in total. The Morgan fingerprint density at radius 2 is 1.92 bits per heavy atom. The average Bonchev–Trinajstić information content (AvgIpc) is 3.57. The number of carbonyl (C=O) groups excluding carboxylic acids is 2. The number of carbonyl (C=O) groups is 2. The minimum absolute atomic E-state index is 0.153. The van der Waals surface area contributed by atoms with Crippen LogP contribution in [-0.2, 0) is 16.1 Å². The van der Waals surface area contributed by atoms with Gasteiger partial charge in [-0.15, -0.1) is 11.3 Å². The molecule has 4 rings (SSSR count). The highest BCUT2D eigenvalue weighted by molar-refractivity contribution is 7.10. The summed E-state index contributed by atoms with van der Waals surface area (Å²) in [5.41, 5.74) is 3.57. The van der Waals surface area contributed by atoms with Crippen molar-refractivity contribution < 1.29 is 19.8 Å². The molecule has 7 nitrogen and oxygen atoms in total. The number of aliphatic hydroxyl groups is 2. The zero-order valence-electron chi connectivity index (χ0n) is 20.2. The van der Waals surface area contributed by atoms with Crippen molar-refractivity contribution in [2.75, 3.05) is 6.54 Å². The van der Waals surface area contributed by atoms with Gasteiger partial charge in [-0.1, -0.05) is 61.8 Å². The summed E-state index contributed by atoms with van der Waals surface area (Å²) in [6, 6.07) is 14.6. The second kappa shape index (κ2) is 11.5. The number of amides is 2. The van der Waals surface area contributed by atoms with E-state index in [1.807, 2.05) is 41.8 Å². The van der Waals surface area contributed by atoms with Gasteiger partial charge in [0.1, 0.15) is 0 Å². The molecule has 0 radical (unpaired) electrons. The molecule has 2 amide bonds. The van der Waals surface area contributed by atoms with E-state index >= 15 is 0 Å². The minimum Gasteiger partial charge on any atom is -0.380 e. The second-order valence-corrected chi connectivity index (χ2v) is 10.6. The van der Waals surface area contributed by atoms with Crippen molar-refractivity contribution in [3.8, 4) is 11.3 Å². The largest absolute Gasteiger partial charge is 0.380 e. The van der Waals surface area contributed by atoms with Gasteiger partial charge in [-0.2, -0.15) is 0 Å². The number of halogens is 1. The molecule has 2 aromatic carbocycles. The smallest absolute Gasteiger partial charge is 0.255 e. The van der Waals surface area contributed by atoms with Crippen molar-refractivity contribution in [1.29, 1.82) is 0 Å². The van der Waals surface area contributed by atoms with Gasteiger partial charge in [0.25, 0.3) is 11.8 Å². The molecule has 1 aliphatic rings. The number of thiazole rings is 1. The quantitative estimate of drug-likeness (QED) is 0.405.